The first-order chi connectivity index (χ1) is 10.1. The van der Waals surface area contributed by atoms with Crippen LogP contribution in [0.15, 0.2) is 30.3 Å². The van der Waals surface area contributed by atoms with E-state index in [1.165, 1.54) is 5.56 Å². The van der Waals surface area contributed by atoms with Gasteiger partial charge in [0.2, 0.25) is 0 Å². The van der Waals surface area contributed by atoms with E-state index in [1.807, 2.05) is 0 Å². The Morgan fingerprint density at radius 3 is 2.71 bits per heavy atom. The number of hydrogen-bond acceptors (Lipinski definition) is 3. The van der Waals surface area contributed by atoms with E-state index >= 15 is 0 Å². The monoisotopic (exact) mass is 290 g/mol. The molecule has 1 aromatic rings. The van der Waals surface area contributed by atoms with Crippen LogP contribution in [0, 0.1) is 0 Å². The molecule has 4 nitrogen and oxygen atoms in total. The highest BCUT2D eigenvalue weighted by atomic mass is 16.4. The number of carboxylic acid groups (broad SMARTS) is 1. The van der Waals surface area contributed by atoms with Gasteiger partial charge in [-0.3, -0.25) is 9.69 Å². The van der Waals surface area contributed by atoms with Crippen LogP contribution in [0.1, 0.15) is 31.7 Å². The Kier molecular flexibility index (Phi) is 6.21. The second-order valence-corrected chi connectivity index (χ2v) is 5.93. The first kappa shape index (κ1) is 16.0. The minimum absolute atomic E-state index is 0.278. The summed E-state index contributed by atoms with van der Waals surface area (Å²) in [6, 6.07) is 11.2. The molecular formula is C17H26N2O2. The lowest BCUT2D eigenvalue weighted by molar-refractivity contribution is -0.137. The van der Waals surface area contributed by atoms with Crippen molar-refractivity contribution in [3.8, 4) is 0 Å². The van der Waals surface area contributed by atoms with E-state index < -0.39 is 5.97 Å². The van der Waals surface area contributed by atoms with Gasteiger partial charge in [0.15, 0.2) is 0 Å². The second kappa shape index (κ2) is 8.15. The van der Waals surface area contributed by atoms with Gasteiger partial charge < -0.3 is 10.0 Å². The fourth-order valence-electron chi connectivity index (χ4n) is 2.88. The fourth-order valence-corrected chi connectivity index (χ4v) is 2.88. The molecular weight excluding hydrogens is 264 g/mol. The van der Waals surface area contributed by atoms with Crippen LogP contribution >= 0.6 is 0 Å². The molecule has 0 amide bonds. The molecule has 1 atom stereocenters. The lowest BCUT2D eigenvalue weighted by Crippen LogP contribution is -2.34. The average Bonchev–Trinajstić information content (AvgIpc) is 2.64. The van der Waals surface area contributed by atoms with Crippen molar-refractivity contribution >= 4 is 5.97 Å². The summed E-state index contributed by atoms with van der Waals surface area (Å²) in [6.45, 7) is 7.37. The molecule has 0 radical (unpaired) electrons. The number of carboxylic acids is 1. The minimum Gasteiger partial charge on any atom is -0.481 e. The summed E-state index contributed by atoms with van der Waals surface area (Å²) in [6.07, 6.45) is 2.18. The molecule has 21 heavy (non-hydrogen) atoms. The van der Waals surface area contributed by atoms with E-state index in [-0.39, 0.29) is 6.42 Å². The van der Waals surface area contributed by atoms with Gasteiger partial charge in [0.1, 0.15) is 0 Å². The van der Waals surface area contributed by atoms with Crippen LogP contribution in [0.4, 0.5) is 0 Å². The Morgan fingerprint density at radius 2 is 2.00 bits per heavy atom. The Hall–Kier alpha value is -1.39. The van der Waals surface area contributed by atoms with Gasteiger partial charge >= 0.3 is 5.97 Å². The van der Waals surface area contributed by atoms with E-state index in [9.17, 15) is 4.79 Å². The quantitative estimate of drug-likeness (QED) is 0.874. The third-order valence-electron chi connectivity index (χ3n) is 4.28. The maximum atomic E-state index is 10.6. The molecule has 1 fully saturated rings. The van der Waals surface area contributed by atoms with E-state index in [4.69, 9.17) is 5.11 Å². The predicted octanol–water partition coefficient (Wildman–Crippen LogP) is 2.45. The molecule has 1 aliphatic heterocycles. The molecule has 1 aliphatic rings. The third kappa shape index (κ3) is 5.48. The van der Waals surface area contributed by atoms with Crippen LogP contribution in [-0.4, -0.2) is 53.1 Å². The average molecular weight is 290 g/mol. The zero-order valence-electron chi connectivity index (χ0n) is 12.9. The SMILES string of the molecule is C[C@H]1CCN(CCCC(=O)O)CCN1Cc1ccccc1. The summed E-state index contributed by atoms with van der Waals surface area (Å²) < 4.78 is 0. The lowest BCUT2D eigenvalue weighted by Gasteiger charge is -2.26. The van der Waals surface area contributed by atoms with E-state index in [0.717, 1.165) is 45.6 Å². The van der Waals surface area contributed by atoms with Crippen molar-refractivity contribution in [1.82, 2.24) is 9.80 Å². The highest BCUT2D eigenvalue weighted by Gasteiger charge is 2.20. The van der Waals surface area contributed by atoms with Crippen LogP contribution < -0.4 is 0 Å². The molecule has 1 aromatic carbocycles. The summed E-state index contributed by atoms with van der Waals surface area (Å²) in [7, 11) is 0. The van der Waals surface area contributed by atoms with Crippen molar-refractivity contribution in [3.05, 3.63) is 35.9 Å². The summed E-state index contributed by atoms with van der Waals surface area (Å²) in [5.74, 6) is -0.691. The van der Waals surface area contributed by atoms with Gasteiger partial charge in [-0.25, -0.2) is 0 Å². The van der Waals surface area contributed by atoms with Gasteiger partial charge in [0.25, 0.3) is 0 Å². The van der Waals surface area contributed by atoms with Gasteiger partial charge in [-0.1, -0.05) is 30.3 Å². The number of aliphatic carboxylic acids is 1. The number of hydrogen-bond donors (Lipinski definition) is 1. The first-order valence-corrected chi connectivity index (χ1v) is 7.87. The summed E-state index contributed by atoms with van der Waals surface area (Å²) in [5.41, 5.74) is 1.36. The fraction of sp³-hybridized carbons (Fsp3) is 0.588. The molecule has 4 heteroatoms. The van der Waals surface area contributed by atoms with E-state index in [2.05, 4.69) is 47.1 Å². The van der Waals surface area contributed by atoms with Crippen LogP contribution in [0.5, 0.6) is 0 Å². The van der Waals surface area contributed by atoms with Gasteiger partial charge in [-0.2, -0.15) is 0 Å². The number of nitrogens with zero attached hydrogens (tertiary/aromatic N) is 2. The van der Waals surface area contributed by atoms with Crippen LogP contribution in [0.25, 0.3) is 0 Å². The molecule has 116 valence electrons. The normalized spacial score (nSPS) is 21.1. The van der Waals surface area contributed by atoms with Crippen LogP contribution in [-0.2, 0) is 11.3 Å². The third-order valence-corrected chi connectivity index (χ3v) is 4.28. The second-order valence-electron chi connectivity index (χ2n) is 5.93. The van der Waals surface area contributed by atoms with Crippen LogP contribution in [0.2, 0.25) is 0 Å². The Morgan fingerprint density at radius 1 is 1.24 bits per heavy atom. The minimum atomic E-state index is -0.691. The largest absolute Gasteiger partial charge is 0.481 e. The molecule has 0 aromatic heterocycles. The van der Waals surface area contributed by atoms with Gasteiger partial charge in [0, 0.05) is 32.1 Å². The van der Waals surface area contributed by atoms with Crippen molar-refractivity contribution in [2.24, 2.45) is 0 Å². The number of benzene rings is 1. The van der Waals surface area contributed by atoms with Gasteiger partial charge in [-0.05, 0) is 38.4 Å². The molecule has 1 heterocycles. The van der Waals surface area contributed by atoms with Crippen molar-refractivity contribution in [3.63, 3.8) is 0 Å². The Bertz CT molecular complexity index is 436. The van der Waals surface area contributed by atoms with Gasteiger partial charge in [0.05, 0.1) is 0 Å². The predicted molar refractivity (Wildman–Crippen MR) is 84.2 cm³/mol. The molecule has 0 unspecified atom stereocenters. The standard InChI is InChI=1S/C17H26N2O2/c1-15-9-11-18(10-5-8-17(20)21)12-13-19(15)14-16-6-3-2-4-7-16/h2-4,6-7,15H,5,8-14H2,1H3,(H,20,21)/t15-/m0/s1. The van der Waals surface area contributed by atoms with Crippen molar-refractivity contribution in [1.29, 1.82) is 0 Å². The molecule has 0 saturated carbocycles. The topological polar surface area (TPSA) is 43.8 Å². The van der Waals surface area contributed by atoms with Crippen LogP contribution in [0.3, 0.4) is 0 Å². The smallest absolute Gasteiger partial charge is 0.303 e. The maximum Gasteiger partial charge on any atom is 0.303 e. The van der Waals surface area contributed by atoms with Crippen molar-refractivity contribution in [2.75, 3.05) is 26.2 Å². The highest BCUT2D eigenvalue weighted by Crippen LogP contribution is 2.15. The molecule has 2 rings (SSSR count). The molecule has 0 aliphatic carbocycles. The van der Waals surface area contributed by atoms with E-state index in [0.29, 0.717) is 6.04 Å². The van der Waals surface area contributed by atoms with Gasteiger partial charge in [-0.15, -0.1) is 0 Å². The Labute approximate surface area is 127 Å². The van der Waals surface area contributed by atoms with Crippen molar-refractivity contribution in [2.45, 2.75) is 38.8 Å². The number of rotatable bonds is 6. The summed E-state index contributed by atoms with van der Waals surface area (Å²) >= 11 is 0. The zero-order valence-corrected chi connectivity index (χ0v) is 12.9. The first-order valence-electron chi connectivity index (χ1n) is 7.87. The lowest BCUT2D eigenvalue weighted by atomic mass is 10.1. The zero-order chi connectivity index (χ0) is 15.1. The molecule has 0 spiro atoms. The Balaban J connectivity index is 1.81. The van der Waals surface area contributed by atoms with Crippen molar-refractivity contribution < 1.29 is 9.90 Å². The maximum absolute atomic E-state index is 10.6. The van der Waals surface area contributed by atoms with E-state index in [1.54, 1.807) is 0 Å². The number of carbonyl (C=O) groups is 1. The summed E-state index contributed by atoms with van der Waals surface area (Å²) in [5, 5.41) is 8.72. The summed E-state index contributed by atoms with van der Waals surface area (Å²) in [4.78, 5) is 15.5. The molecule has 0 bridgehead atoms. The molecule has 1 saturated heterocycles. The highest BCUT2D eigenvalue weighted by molar-refractivity contribution is 5.66. The molecule has 1 N–H and O–H groups in total.